The number of carbonyl (C=O) groups excluding carboxylic acids is 1. The van der Waals surface area contributed by atoms with Crippen molar-refractivity contribution in [3.05, 3.63) is 75.8 Å². The highest BCUT2D eigenvalue weighted by molar-refractivity contribution is 6.33. The summed E-state index contributed by atoms with van der Waals surface area (Å²) in [6.45, 7) is 6.67. The van der Waals surface area contributed by atoms with Gasteiger partial charge in [-0.15, -0.1) is 0 Å². The summed E-state index contributed by atoms with van der Waals surface area (Å²) in [6.07, 6.45) is 5.39. The van der Waals surface area contributed by atoms with Gasteiger partial charge >= 0.3 is 5.97 Å². The number of nitrogens with one attached hydrogen (secondary N) is 1. The highest BCUT2D eigenvalue weighted by atomic mass is 35.5. The number of benzene rings is 2. The summed E-state index contributed by atoms with van der Waals surface area (Å²) < 4.78 is 5.01. The molecule has 4 rings (SSSR count). The summed E-state index contributed by atoms with van der Waals surface area (Å²) in [5.74, 6) is 0.174. The van der Waals surface area contributed by atoms with Crippen molar-refractivity contribution in [3.8, 4) is 0 Å². The molecule has 2 aromatic carbocycles. The molecule has 0 saturated carbocycles. The van der Waals surface area contributed by atoms with Crippen LogP contribution in [0.2, 0.25) is 5.02 Å². The van der Waals surface area contributed by atoms with Crippen molar-refractivity contribution in [3.63, 3.8) is 0 Å². The van der Waals surface area contributed by atoms with Crippen molar-refractivity contribution in [2.24, 2.45) is 5.92 Å². The molecule has 1 aliphatic heterocycles. The largest absolute Gasteiger partial charge is 0.465 e. The number of esters is 1. The topological polar surface area (TPSA) is 38.3 Å². The maximum Gasteiger partial charge on any atom is 0.338 e. The lowest BCUT2D eigenvalue weighted by Crippen LogP contribution is -2.31. The van der Waals surface area contributed by atoms with Gasteiger partial charge in [-0.05, 0) is 46.6 Å². The van der Waals surface area contributed by atoms with E-state index in [2.05, 4.69) is 62.5 Å². The highest BCUT2D eigenvalue weighted by Crippen LogP contribution is 2.52. The number of halogens is 1. The second-order valence-electron chi connectivity index (χ2n) is 8.72. The minimum absolute atomic E-state index is 0.126. The number of methoxy groups -OCH3 is 1. The molecule has 28 heavy (non-hydrogen) atoms. The van der Waals surface area contributed by atoms with Crippen molar-refractivity contribution in [1.82, 2.24) is 0 Å². The molecule has 0 saturated heterocycles. The number of fused-ring (bicyclic) bond motifs is 3. The Morgan fingerprint density at radius 2 is 1.86 bits per heavy atom. The third-order valence-electron chi connectivity index (χ3n) is 6.01. The molecule has 3 nitrogen and oxygen atoms in total. The summed E-state index contributed by atoms with van der Waals surface area (Å²) in [6, 6.07) is 12.6. The molecule has 3 atom stereocenters. The second-order valence-corrected chi connectivity index (χ2v) is 9.13. The maximum atomic E-state index is 12.4. The highest BCUT2D eigenvalue weighted by Gasteiger charge is 2.41. The first-order valence-electron chi connectivity index (χ1n) is 9.75. The zero-order chi connectivity index (χ0) is 20.1. The summed E-state index contributed by atoms with van der Waals surface area (Å²) >= 11 is 6.55. The van der Waals surface area contributed by atoms with Gasteiger partial charge in [0.25, 0.3) is 0 Å². The van der Waals surface area contributed by atoms with E-state index in [1.807, 2.05) is 0 Å². The van der Waals surface area contributed by atoms with Gasteiger partial charge in [-0.1, -0.05) is 68.8 Å². The van der Waals surface area contributed by atoms with Crippen LogP contribution >= 0.6 is 11.6 Å². The van der Waals surface area contributed by atoms with Gasteiger partial charge in [0.05, 0.1) is 29.4 Å². The number of carbonyl (C=O) groups is 1. The van der Waals surface area contributed by atoms with Crippen molar-refractivity contribution in [2.45, 2.75) is 44.6 Å². The standard InChI is InChI=1S/C24H26ClNO2/c1-24(2,3)15-10-8-14(9-11-15)21-17-7-5-6-16(17)20-18(23(27)28-4)12-13-19(25)22(20)26-21/h5-6,8-13,16-17,21,26H,7H2,1-4H3/t16-,17-,21+/m1/s1. The van der Waals surface area contributed by atoms with Crippen LogP contribution in [-0.2, 0) is 10.2 Å². The minimum Gasteiger partial charge on any atom is -0.465 e. The monoisotopic (exact) mass is 395 g/mol. The Hall–Kier alpha value is -2.26. The molecule has 1 N–H and O–H groups in total. The van der Waals surface area contributed by atoms with Gasteiger partial charge < -0.3 is 10.1 Å². The van der Waals surface area contributed by atoms with Crippen LogP contribution < -0.4 is 5.32 Å². The van der Waals surface area contributed by atoms with E-state index in [-0.39, 0.29) is 23.3 Å². The van der Waals surface area contributed by atoms with E-state index in [0.717, 1.165) is 17.7 Å². The Morgan fingerprint density at radius 3 is 2.50 bits per heavy atom. The van der Waals surface area contributed by atoms with Crippen molar-refractivity contribution >= 4 is 23.3 Å². The molecule has 0 fully saturated rings. The zero-order valence-electron chi connectivity index (χ0n) is 16.8. The molecular formula is C24H26ClNO2. The summed E-state index contributed by atoms with van der Waals surface area (Å²) in [4.78, 5) is 12.4. The molecule has 2 aromatic rings. The van der Waals surface area contributed by atoms with Crippen LogP contribution in [0.3, 0.4) is 0 Å². The lowest BCUT2D eigenvalue weighted by Gasteiger charge is -2.39. The Balaban J connectivity index is 1.78. The predicted molar refractivity (Wildman–Crippen MR) is 114 cm³/mol. The van der Waals surface area contributed by atoms with E-state index >= 15 is 0 Å². The van der Waals surface area contributed by atoms with E-state index in [1.165, 1.54) is 18.2 Å². The van der Waals surface area contributed by atoms with E-state index in [9.17, 15) is 4.79 Å². The maximum absolute atomic E-state index is 12.4. The van der Waals surface area contributed by atoms with Crippen molar-refractivity contribution < 1.29 is 9.53 Å². The first kappa shape index (κ1) is 19.1. The molecule has 2 aliphatic rings. The lowest BCUT2D eigenvalue weighted by molar-refractivity contribution is 0.0598. The number of ether oxygens (including phenoxy) is 1. The summed E-state index contributed by atoms with van der Waals surface area (Å²) in [5.41, 5.74) is 5.10. The normalized spacial score (nSPS) is 23.0. The molecule has 146 valence electrons. The van der Waals surface area contributed by atoms with Crippen LogP contribution in [0.15, 0.2) is 48.6 Å². The zero-order valence-corrected chi connectivity index (χ0v) is 17.5. The van der Waals surface area contributed by atoms with Gasteiger partial charge in [-0.2, -0.15) is 0 Å². The first-order chi connectivity index (χ1) is 13.3. The summed E-state index contributed by atoms with van der Waals surface area (Å²) in [5, 5.41) is 4.29. The molecule has 4 heteroatoms. The van der Waals surface area contributed by atoms with Crippen LogP contribution in [0.1, 0.15) is 66.2 Å². The van der Waals surface area contributed by atoms with Crippen LogP contribution in [0.5, 0.6) is 0 Å². The Kier molecular flexibility index (Phi) is 4.75. The van der Waals surface area contributed by atoms with Gasteiger partial charge in [0.1, 0.15) is 0 Å². The fourth-order valence-corrected chi connectivity index (χ4v) is 4.70. The first-order valence-corrected chi connectivity index (χ1v) is 10.1. The van der Waals surface area contributed by atoms with Crippen molar-refractivity contribution in [2.75, 3.05) is 12.4 Å². The Bertz CT molecular complexity index is 940. The minimum atomic E-state index is -0.318. The molecule has 0 bridgehead atoms. The molecular weight excluding hydrogens is 370 g/mol. The molecule has 0 radical (unpaired) electrons. The van der Waals surface area contributed by atoms with E-state index < -0.39 is 0 Å². The third-order valence-corrected chi connectivity index (χ3v) is 6.33. The van der Waals surface area contributed by atoms with Crippen LogP contribution in [0.4, 0.5) is 5.69 Å². The quantitative estimate of drug-likeness (QED) is 0.482. The lowest BCUT2D eigenvalue weighted by atomic mass is 9.75. The van der Waals surface area contributed by atoms with Crippen LogP contribution in [-0.4, -0.2) is 13.1 Å². The predicted octanol–water partition coefficient (Wildman–Crippen LogP) is 6.25. The van der Waals surface area contributed by atoms with Gasteiger partial charge in [0.15, 0.2) is 0 Å². The van der Waals surface area contributed by atoms with E-state index in [0.29, 0.717) is 16.5 Å². The van der Waals surface area contributed by atoms with Gasteiger partial charge in [0.2, 0.25) is 0 Å². The van der Waals surface area contributed by atoms with Gasteiger partial charge in [0, 0.05) is 5.92 Å². The van der Waals surface area contributed by atoms with Gasteiger partial charge in [-0.25, -0.2) is 4.79 Å². The average Bonchev–Trinajstić information content (AvgIpc) is 3.16. The molecule has 0 aromatic heterocycles. The molecule has 1 heterocycles. The second kappa shape index (κ2) is 6.97. The Morgan fingerprint density at radius 1 is 1.14 bits per heavy atom. The fraction of sp³-hybridized carbons (Fsp3) is 0.375. The number of hydrogen-bond donors (Lipinski definition) is 1. The van der Waals surface area contributed by atoms with Crippen LogP contribution in [0.25, 0.3) is 0 Å². The average molecular weight is 396 g/mol. The smallest absolute Gasteiger partial charge is 0.338 e. The SMILES string of the molecule is COC(=O)c1ccc(Cl)c2c1[C@@H]1C=CC[C@H]1[C@H](c1ccc(C(C)(C)C)cc1)N2. The molecule has 1 aliphatic carbocycles. The number of rotatable bonds is 2. The third kappa shape index (κ3) is 3.12. The van der Waals surface area contributed by atoms with E-state index in [4.69, 9.17) is 16.3 Å². The van der Waals surface area contributed by atoms with Crippen molar-refractivity contribution in [1.29, 1.82) is 0 Å². The number of hydrogen-bond acceptors (Lipinski definition) is 3. The van der Waals surface area contributed by atoms with Crippen LogP contribution in [0, 0.1) is 5.92 Å². The summed E-state index contributed by atoms with van der Waals surface area (Å²) in [7, 11) is 1.42. The van der Waals surface area contributed by atoms with Gasteiger partial charge in [-0.3, -0.25) is 0 Å². The number of allylic oxidation sites excluding steroid dienone is 2. The molecule has 0 amide bonds. The fourth-order valence-electron chi connectivity index (χ4n) is 4.48. The molecule has 0 unspecified atom stereocenters. The van der Waals surface area contributed by atoms with E-state index in [1.54, 1.807) is 12.1 Å². The molecule has 0 spiro atoms. The Labute approximate surface area is 171 Å². The number of anilines is 1.